The van der Waals surface area contributed by atoms with E-state index in [0.717, 1.165) is 11.1 Å². The largest absolute Gasteiger partial charge is 0.373 e. The maximum absolute atomic E-state index is 12.3. The van der Waals surface area contributed by atoms with Crippen molar-refractivity contribution in [2.75, 3.05) is 7.11 Å². The number of carbonyl (C=O) groups is 1. The molecule has 0 aromatic heterocycles. The molecule has 0 spiro atoms. The van der Waals surface area contributed by atoms with Gasteiger partial charge in [0.1, 0.15) is 0 Å². The second-order valence-corrected chi connectivity index (χ2v) is 4.16. The van der Waals surface area contributed by atoms with Crippen LogP contribution >= 0.6 is 0 Å². The highest BCUT2D eigenvalue weighted by Gasteiger charge is 2.25. The standard InChI is InChI=1S/C15H16O2/c1-11(13-9-6-10-14(13)17-2)15(16)12-7-4-3-5-8-12/h3-11,14H,1-2H3. The first-order valence-corrected chi connectivity index (χ1v) is 5.74. The van der Waals surface area contributed by atoms with Crippen LogP contribution in [0.25, 0.3) is 0 Å². The molecule has 2 rings (SSSR count). The van der Waals surface area contributed by atoms with Gasteiger partial charge in [0.25, 0.3) is 0 Å². The van der Waals surface area contributed by atoms with Crippen molar-refractivity contribution in [3.05, 3.63) is 59.7 Å². The van der Waals surface area contributed by atoms with Gasteiger partial charge >= 0.3 is 0 Å². The zero-order valence-corrected chi connectivity index (χ0v) is 10.1. The first-order valence-electron chi connectivity index (χ1n) is 5.74. The fraction of sp³-hybridized carbons (Fsp3) is 0.267. The van der Waals surface area contributed by atoms with E-state index in [0.29, 0.717) is 0 Å². The molecule has 88 valence electrons. The van der Waals surface area contributed by atoms with E-state index in [-0.39, 0.29) is 17.8 Å². The van der Waals surface area contributed by atoms with Crippen LogP contribution < -0.4 is 0 Å². The van der Waals surface area contributed by atoms with E-state index in [2.05, 4.69) is 0 Å². The van der Waals surface area contributed by atoms with Crippen LogP contribution in [-0.4, -0.2) is 19.0 Å². The molecule has 17 heavy (non-hydrogen) atoms. The van der Waals surface area contributed by atoms with Gasteiger partial charge in [-0.05, 0) is 5.57 Å². The van der Waals surface area contributed by atoms with E-state index in [4.69, 9.17) is 4.74 Å². The minimum absolute atomic E-state index is 0.0577. The molecule has 0 amide bonds. The van der Waals surface area contributed by atoms with Crippen LogP contribution in [0.4, 0.5) is 0 Å². The maximum Gasteiger partial charge on any atom is 0.169 e. The minimum atomic E-state index is -0.141. The van der Waals surface area contributed by atoms with Gasteiger partial charge in [0.15, 0.2) is 5.78 Å². The summed E-state index contributed by atoms with van der Waals surface area (Å²) in [5.41, 5.74) is 1.78. The normalized spacial score (nSPS) is 20.1. The van der Waals surface area contributed by atoms with Gasteiger partial charge in [0.05, 0.1) is 6.10 Å². The monoisotopic (exact) mass is 228 g/mol. The zero-order chi connectivity index (χ0) is 12.3. The van der Waals surface area contributed by atoms with Gasteiger partial charge in [-0.2, -0.15) is 0 Å². The van der Waals surface area contributed by atoms with Gasteiger partial charge in [0, 0.05) is 18.6 Å². The molecule has 0 aliphatic heterocycles. The molecule has 1 aliphatic rings. The molecule has 0 saturated heterocycles. The van der Waals surface area contributed by atoms with Gasteiger partial charge in [-0.15, -0.1) is 0 Å². The molecule has 1 aliphatic carbocycles. The Kier molecular flexibility index (Phi) is 3.55. The zero-order valence-electron chi connectivity index (χ0n) is 10.1. The second kappa shape index (κ2) is 5.11. The molecular formula is C15H16O2. The van der Waals surface area contributed by atoms with Crippen LogP contribution in [0.2, 0.25) is 0 Å². The summed E-state index contributed by atoms with van der Waals surface area (Å²) in [5, 5.41) is 0. The smallest absolute Gasteiger partial charge is 0.169 e. The van der Waals surface area contributed by atoms with E-state index in [1.165, 1.54) is 0 Å². The lowest BCUT2D eigenvalue weighted by Gasteiger charge is -2.18. The number of ketones is 1. The number of methoxy groups -OCH3 is 1. The average molecular weight is 228 g/mol. The van der Waals surface area contributed by atoms with Crippen LogP contribution in [0.15, 0.2) is 54.1 Å². The van der Waals surface area contributed by atoms with Crippen molar-refractivity contribution in [2.45, 2.75) is 13.0 Å². The van der Waals surface area contributed by atoms with Crippen LogP contribution in [0.5, 0.6) is 0 Å². The summed E-state index contributed by atoms with van der Waals surface area (Å²) in [6, 6.07) is 9.38. The molecule has 0 bridgehead atoms. The molecule has 2 unspecified atom stereocenters. The Balaban J connectivity index is 2.16. The Morgan fingerprint density at radius 3 is 2.65 bits per heavy atom. The van der Waals surface area contributed by atoms with Crippen molar-refractivity contribution in [2.24, 2.45) is 5.92 Å². The van der Waals surface area contributed by atoms with E-state index in [1.54, 1.807) is 7.11 Å². The Morgan fingerprint density at radius 1 is 1.29 bits per heavy atom. The minimum Gasteiger partial charge on any atom is -0.373 e. The summed E-state index contributed by atoms with van der Waals surface area (Å²) in [6.45, 7) is 1.93. The molecule has 0 fully saturated rings. The van der Waals surface area contributed by atoms with Gasteiger partial charge in [-0.1, -0.05) is 55.5 Å². The number of ether oxygens (including phenoxy) is 1. The highest BCUT2D eigenvalue weighted by atomic mass is 16.5. The van der Waals surface area contributed by atoms with E-state index < -0.39 is 0 Å². The van der Waals surface area contributed by atoms with E-state index in [1.807, 2.05) is 55.5 Å². The quantitative estimate of drug-likeness (QED) is 0.740. The van der Waals surface area contributed by atoms with Crippen LogP contribution in [0.3, 0.4) is 0 Å². The second-order valence-electron chi connectivity index (χ2n) is 4.16. The Hall–Kier alpha value is -1.67. The summed E-state index contributed by atoms with van der Waals surface area (Å²) in [5.74, 6) is -0.0000463. The van der Waals surface area contributed by atoms with Gasteiger partial charge in [-0.25, -0.2) is 0 Å². The van der Waals surface area contributed by atoms with Gasteiger partial charge < -0.3 is 4.74 Å². The Morgan fingerprint density at radius 2 is 2.00 bits per heavy atom. The summed E-state index contributed by atoms with van der Waals surface area (Å²) >= 11 is 0. The average Bonchev–Trinajstić information content (AvgIpc) is 2.86. The highest BCUT2D eigenvalue weighted by molar-refractivity contribution is 5.99. The summed E-state index contributed by atoms with van der Waals surface area (Å²) in [4.78, 5) is 12.3. The lowest BCUT2D eigenvalue weighted by molar-refractivity contribution is 0.0922. The van der Waals surface area contributed by atoms with Gasteiger partial charge in [-0.3, -0.25) is 4.79 Å². The van der Waals surface area contributed by atoms with Crippen LogP contribution in [0, 0.1) is 5.92 Å². The molecule has 2 heteroatoms. The number of rotatable bonds is 4. The SMILES string of the molecule is COC1C=CC=C1C(C)C(=O)c1ccccc1. The summed E-state index contributed by atoms with van der Waals surface area (Å²) < 4.78 is 5.32. The molecule has 0 heterocycles. The van der Waals surface area contributed by atoms with Crippen LogP contribution in [-0.2, 0) is 4.74 Å². The molecule has 1 aromatic rings. The fourth-order valence-corrected chi connectivity index (χ4v) is 2.08. The molecular weight excluding hydrogens is 212 g/mol. The molecule has 0 radical (unpaired) electrons. The molecule has 2 atom stereocenters. The summed E-state index contributed by atoms with van der Waals surface area (Å²) in [7, 11) is 1.66. The number of hydrogen-bond acceptors (Lipinski definition) is 2. The third kappa shape index (κ3) is 2.37. The van der Waals surface area contributed by atoms with Crippen LogP contribution in [0.1, 0.15) is 17.3 Å². The third-order valence-electron chi connectivity index (χ3n) is 3.11. The van der Waals surface area contributed by atoms with Crippen molar-refractivity contribution < 1.29 is 9.53 Å². The number of carbonyl (C=O) groups excluding carboxylic acids is 1. The predicted molar refractivity (Wildman–Crippen MR) is 68.0 cm³/mol. The first kappa shape index (κ1) is 11.8. The third-order valence-corrected chi connectivity index (χ3v) is 3.11. The van der Waals surface area contributed by atoms with E-state index in [9.17, 15) is 4.79 Å². The number of benzene rings is 1. The lowest BCUT2D eigenvalue weighted by atomic mass is 9.90. The van der Waals surface area contributed by atoms with Crippen molar-refractivity contribution in [3.63, 3.8) is 0 Å². The molecule has 1 aromatic carbocycles. The lowest BCUT2D eigenvalue weighted by Crippen LogP contribution is -2.21. The molecule has 0 N–H and O–H groups in total. The van der Waals surface area contributed by atoms with Crippen molar-refractivity contribution in [3.8, 4) is 0 Å². The van der Waals surface area contributed by atoms with Crippen molar-refractivity contribution in [1.29, 1.82) is 0 Å². The number of Topliss-reactive ketones (excluding diaryl/α,β-unsaturated/α-hetero) is 1. The van der Waals surface area contributed by atoms with Crippen molar-refractivity contribution >= 4 is 5.78 Å². The Labute approximate surface area is 102 Å². The number of allylic oxidation sites excluding steroid dienone is 2. The topological polar surface area (TPSA) is 26.3 Å². The molecule has 2 nitrogen and oxygen atoms in total. The van der Waals surface area contributed by atoms with Gasteiger partial charge in [0.2, 0.25) is 0 Å². The maximum atomic E-state index is 12.3. The number of hydrogen-bond donors (Lipinski definition) is 0. The molecule has 0 saturated carbocycles. The summed E-state index contributed by atoms with van der Waals surface area (Å²) in [6.07, 6.45) is 5.82. The van der Waals surface area contributed by atoms with E-state index >= 15 is 0 Å². The highest BCUT2D eigenvalue weighted by Crippen LogP contribution is 2.25. The Bertz CT molecular complexity index is 457. The predicted octanol–water partition coefficient (Wildman–Crippen LogP) is 3.02. The first-order chi connectivity index (χ1) is 8.24. The fourth-order valence-electron chi connectivity index (χ4n) is 2.08. The van der Waals surface area contributed by atoms with Crippen molar-refractivity contribution in [1.82, 2.24) is 0 Å².